The highest BCUT2D eigenvalue weighted by Gasteiger charge is 2.11. The SMILES string of the molecule is COc1ccc(-c2nc3ccc(CC(=O)O)cc3s2)cc1OC. The minimum atomic E-state index is -0.839. The molecule has 1 heterocycles. The van der Waals surface area contributed by atoms with E-state index in [1.807, 2.05) is 30.3 Å². The van der Waals surface area contributed by atoms with Crippen molar-refractivity contribution in [3.63, 3.8) is 0 Å². The Kier molecular flexibility index (Phi) is 4.16. The summed E-state index contributed by atoms with van der Waals surface area (Å²) in [6.45, 7) is 0. The molecule has 0 amide bonds. The molecular weight excluding hydrogens is 314 g/mol. The number of carboxylic acids is 1. The minimum Gasteiger partial charge on any atom is -0.493 e. The number of carbonyl (C=O) groups is 1. The third-order valence-corrected chi connectivity index (χ3v) is 4.51. The van der Waals surface area contributed by atoms with E-state index in [2.05, 4.69) is 4.98 Å². The molecule has 0 atom stereocenters. The first-order valence-corrected chi connectivity index (χ1v) is 7.76. The highest BCUT2D eigenvalue weighted by Crippen LogP contribution is 2.36. The Morgan fingerprint density at radius 3 is 2.61 bits per heavy atom. The van der Waals surface area contributed by atoms with E-state index in [0.29, 0.717) is 11.5 Å². The van der Waals surface area contributed by atoms with Gasteiger partial charge in [-0.2, -0.15) is 0 Å². The number of methoxy groups -OCH3 is 2. The van der Waals surface area contributed by atoms with E-state index in [1.54, 1.807) is 20.3 Å². The normalized spacial score (nSPS) is 10.7. The second-order valence-electron chi connectivity index (χ2n) is 4.96. The van der Waals surface area contributed by atoms with Crippen LogP contribution in [0.5, 0.6) is 11.5 Å². The maximum Gasteiger partial charge on any atom is 0.307 e. The first-order valence-electron chi connectivity index (χ1n) is 6.94. The van der Waals surface area contributed by atoms with Crippen molar-refractivity contribution in [3.8, 4) is 22.1 Å². The highest BCUT2D eigenvalue weighted by atomic mass is 32.1. The van der Waals surface area contributed by atoms with Crippen LogP contribution in [0.25, 0.3) is 20.8 Å². The lowest BCUT2D eigenvalue weighted by atomic mass is 10.1. The summed E-state index contributed by atoms with van der Waals surface area (Å²) in [5, 5.41) is 9.75. The molecule has 0 spiro atoms. The summed E-state index contributed by atoms with van der Waals surface area (Å²) in [7, 11) is 3.19. The number of aliphatic carboxylic acids is 1. The van der Waals surface area contributed by atoms with Crippen LogP contribution in [0.1, 0.15) is 5.56 Å². The number of aromatic nitrogens is 1. The van der Waals surface area contributed by atoms with Crippen molar-refractivity contribution in [1.82, 2.24) is 4.98 Å². The lowest BCUT2D eigenvalue weighted by molar-refractivity contribution is -0.136. The Labute approximate surface area is 137 Å². The van der Waals surface area contributed by atoms with Gasteiger partial charge in [0.1, 0.15) is 5.01 Å². The number of carboxylic acid groups (broad SMARTS) is 1. The van der Waals surface area contributed by atoms with Crippen molar-refractivity contribution in [1.29, 1.82) is 0 Å². The number of ether oxygens (including phenoxy) is 2. The molecule has 0 aliphatic carbocycles. The number of hydrogen-bond acceptors (Lipinski definition) is 5. The summed E-state index contributed by atoms with van der Waals surface area (Å²) < 4.78 is 11.5. The lowest BCUT2D eigenvalue weighted by Gasteiger charge is -2.08. The summed E-state index contributed by atoms with van der Waals surface area (Å²) >= 11 is 1.52. The molecule has 0 fully saturated rings. The van der Waals surface area contributed by atoms with E-state index in [0.717, 1.165) is 26.4 Å². The summed E-state index contributed by atoms with van der Waals surface area (Å²) in [6, 6.07) is 11.2. The average molecular weight is 329 g/mol. The van der Waals surface area contributed by atoms with Gasteiger partial charge in [-0.05, 0) is 35.9 Å². The third-order valence-electron chi connectivity index (χ3n) is 3.44. The number of thiazole rings is 1. The summed E-state index contributed by atoms with van der Waals surface area (Å²) in [6.07, 6.45) is 0.0134. The molecule has 0 aliphatic heterocycles. The first kappa shape index (κ1) is 15.3. The standard InChI is InChI=1S/C17H15NO4S/c1-21-13-6-4-11(9-14(13)22-2)17-18-12-5-3-10(8-16(19)20)7-15(12)23-17/h3-7,9H,8H2,1-2H3,(H,19,20). The largest absolute Gasteiger partial charge is 0.493 e. The number of benzene rings is 2. The molecule has 118 valence electrons. The fourth-order valence-electron chi connectivity index (χ4n) is 2.35. The molecule has 23 heavy (non-hydrogen) atoms. The van der Waals surface area contributed by atoms with Crippen molar-refractivity contribution >= 4 is 27.5 Å². The van der Waals surface area contributed by atoms with Gasteiger partial charge in [-0.1, -0.05) is 6.07 Å². The van der Waals surface area contributed by atoms with Crippen molar-refractivity contribution in [2.75, 3.05) is 14.2 Å². The fraction of sp³-hybridized carbons (Fsp3) is 0.176. The number of fused-ring (bicyclic) bond motifs is 1. The van der Waals surface area contributed by atoms with Gasteiger partial charge in [0.05, 0.1) is 30.9 Å². The Morgan fingerprint density at radius 1 is 1.13 bits per heavy atom. The van der Waals surface area contributed by atoms with E-state index in [1.165, 1.54) is 11.3 Å². The van der Waals surface area contributed by atoms with E-state index >= 15 is 0 Å². The molecule has 0 aliphatic rings. The molecule has 5 nitrogen and oxygen atoms in total. The molecule has 6 heteroatoms. The van der Waals surface area contributed by atoms with E-state index in [9.17, 15) is 4.79 Å². The Bertz CT molecular complexity index is 872. The van der Waals surface area contributed by atoms with Crippen LogP contribution in [0.15, 0.2) is 36.4 Å². The molecule has 0 radical (unpaired) electrons. The van der Waals surface area contributed by atoms with Crippen LogP contribution in [-0.4, -0.2) is 30.3 Å². The van der Waals surface area contributed by atoms with Crippen LogP contribution in [0.3, 0.4) is 0 Å². The topological polar surface area (TPSA) is 68.7 Å². The zero-order chi connectivity index (χ0) is 16.4. The average Bonchev–Trinajstić information content (AvgIpc) is 2.96. The van der Waals surface area contributed by atoms with Gasteiger partial charge >= 0.3 is 5.97 Å². The predicted molar refractivity (Wildman–Crippen MR) is 89.5 cm³/mol. The number of rotatable bonds is 5. The molecule has 0 unspecified atom stereocenters. The molecular formula is C17H15NO4S. The Balaban J connectivity index is 2.01. The van der Waals surface area contributed by atoms with Gasteiger partial charge in [0.15, 0.2) is 11.5 Å². The molecule has 2 aromatic carbocycles. The maximum absolute atomic E-state index is 10.8. The first-order chi connectivity index (χ1) is 11.1. The van der Waals surface area contributed by atoms with Crippen molar-refractivity contribution < 1.29 is 19.4 Å². The highest BCUT2D eigenvalue weighted by molar-refractivity contribution is 7.21. The lowest BCUT2D eigenvalue weighted by Crippen LogP contribution is -1.99. The van der Waals surface area contributed by atoms with Crippen molar-refractivity contribution in [2.24, 2.45) is 0 Å². The molecule has 3 rings (SSSR count). The maximum atomic E-state index is 10.8. The summed E-state index contributed by atoms with van der Waals surface area (Å²) in [5.74, 6) is 0.478. The second-order valence-corrected chi connectivity index (χ2v) is 5.99. The second kappa shape index (κ2) is 6.26. The van der Waals surface area contributed by atoms with Crippen LogP contribution in [0.4, 0.5) is 0 Å². The zero-order valence-electron chi connectivity index (χ0n) is 12.7. The number of nitrogens with zero attached hydrogens (tertiary/aromatic N) is 1. The van der Waals surface area contributed by atoms with Crippen LogP contribution in [-0.2, 0) is 11.2 Å². The minimum absolute atomic E-state index is 0.0134. The van der Waals surface area contributed by atoms with Gasteiger partial charge in [0, 0.05) is 5.56 Å². The molecule has 3 aromatic rings. The molecule has 1 N–H and O–H groups in total. The van der Waals surface area contributed by atoms with Crippen LogP contribution in [0, 0.1) is 0 Å². The summed E-state index contributed by atoms with van der Waals surface area (Å²) in [5.41, 5.74) is 2.56. The van der Waals surface area contributed by atoms with Gasteiger partial charge < -0.3 is 14.6 Å². The Morgan fingerprint density at radius 2 is 1.91 bits per heavy atom. The fourth-order valence-corrected chi connectivity index (χ4v) is 3.37. The van der Waals surface area contributed by atoms with Crippen molar-refractivity contribution in [3.05, 3.63) is 42.0 Å². The van der Waals surface area contributed by atoms with Gasteiger partial charge in [0.2, 0.25) is 0 Å². The van der Waals surface area contributed by atoms with Crippen LogP contribution >= 0.6 is 11.3 Å². The monoisotopic (exact) mass is 329 g/mol. The van der Waals surface area contributed by atoms with E-state index in [4.69, 9.17) is 14.6 Å². The van der Waals surface area contributed by atoms with Gasteiger partial charge in [-0.15, -0.1) is 11.3 Å². The summed E-state index contributed by atoms with van der Waals surface area (Å²) in [4.78, 5) is 15.4. The third kappa shape index (κ3) is 3.12. The molecule has 0 saturated heterocycles. The van der Waals surface area contributed by atoms with E-state index in [-0.39, 0.29) is 6.42 Å². The number of hydrogen-bond donors (Lipinski definition) is 1. The molecule has 1 aromatic heterocycles. The smallest absolute Gasteiger partial charge is 0.307 e. The Hall–Kier alpha value is -2.60. The predicted octanol–water partition coefficient (Wildman–Crippen LogP) is 3.61. The van der Waals surface area contributed by atoms with Crippen LogP contribution < -0.4 is 9.47 Å². The van der Waals surface area contributed by atoms with Gasteiger partial charge in [-0.25, -0.2) is 4.98 Å². The van der Waals surface area contributed by atoms with Crippen molar-refractivity contribution in [2.45, 2.75) is 6.42 Å². The zero-order valence-corrected chi connectivity index (χ0v) is 13.5. The van der Waals surface area contributed by atoms with Gasteiger partial charge in [0.25, 0.3) is 0 Å². The molecule has 0 saturated carbocycles. The quantitative estimate of drug-likeness (QED) is 0.774. The van der Waals surface area contributed by atoms with E-state index < -0.39 is 5.97 Å². The molecule has 0 bridgehead atoms. The van der Waals surface area contributed by atoms with Crippen LogP contribution in [0.2, 0.25) is 0 Å². The van der Waals surface area contributed by atoms with Gasteiger partial charge in [-0.3, -0.25) is 4.79 Å².